The van der Waals surface area contributed by atoms with Gasteiger partial charge in [0.15, 0.2) is 0 Å². The molecule has 21 heavy (non-hydrogen) atoms. The van der Waals surface area contributed by atoms with Crippen LogP contribution in [-0.2, 0) is 6.61 Å². The van der Waals surface area contributed by atoms with Crippen molar-refractivity contribution < 1.29 is 4.74 Å². The van der Waals surface area contributed by atoms with Gasteiger partial charge in [-0.3, -0.25) is 0 Å². The van der Waals surface area contributed by atoms with E-state index >= 15 is 0 Å². The third-order valence-corrected chi connectivity index (χ3v) is 3.78. The highest BCUT2D eigenvalue weighted by molar-refractivity contribution is 7.80. The van der Waals surface area contributed by atoms with Crippen molar-refractivity contribution in [3.8, 4) is 5.75 Å². The second-order valence-electron chi connectivity index (χ2n) is 5.52. The van der Waals surface area contributed by atoms with Gasteiger partial charge in [-0.15, -0.1) is 0 Å². The highest BCUT2D eigenvalue weighted by Crippen LogP contribution is 2.21. The van der Waals surface area contributed by atoms with Crippen LogP contribution < -0.4 is 10.5 Å². The lowest BCUT2D eigenvalue weighted by atomic mass is 10.0. The summed E-state index contributed by atoms with van der Waals surface area (Å²) in [6.45, 7) is 6.95. The summed E-state index contributed by atoms with van der Waals surface area (Å²) in [6, 6.07) is 14.2. The molecule has 0 aliphatic heterocycles. The van der Waals surface area contributed by atoms with E-state index in [0.717, 1.165) is 22.4 Å². The average molecular weight is 299 g/mol. The van der Waals surface area contributed by atoms with Crippen molar-refractivity contribution in [1.82, 2.24) is 0 Å². The summed E-state index contributed by atoms with van der Waals surface area (Å²) in [5.41, 5.74) is 10.1. The number of rotatable bonds is 5. The van der Waals surface area contributed by atoms with Gasteiger partial charge in [0.05, 0.1) is 0 Å². The Morgan fingerprint density at radius 1 is 1.19 bits per heavy atom. The van der Waals surface area contributed by atoms with Gasteiger partial charge in [-0.05, 0) is 47.7 Å². The van der Waals surface area contributed by atoms with Crippen molar-refractivity contribution in [3.63, 3.8) is 0 Å². The molecule has 2 nitrogen and oxygen atoms in total. The molecule has 2 aromatic rings. The first kappa shape index (κ1) is 15.5. The van der Waals surface area contributed by atoms with E-state index in [9.17, 15) is 0 Å². The molecule has 0 spiro atoms. The molecule has 0 aliphatic rings. The van der Waals surface area contributed by atoms with Crippen molar-refractivity contribution >= 4 is 17.2 Å². The zero-order chi connectivity index (χ0) is 15.4. The monoisotopic (exact) mass is 299 g/mol. The Labute approximate surface area is 131 Å². The van der Waals surface area contributed by atoms with E-state index in [-0.39, 0.29) is 0 Å². The Morgan fingerprint density at radius 3 is 2.57 bits per heavy atom. The minimum atomic E-state index is 0.426. The quantitative estimate of drug-likeness (QED) is 0.835. The van der Waals surface area contributed by atoms with E-state index in [0.29, 0.717) is 17.5 Å². The SMILES string of the molecule is Cc1cc(C(N)=S)ccc1COc1cccc(C(C)C)c1. The Morgan fingerprint density at radius 2 is 1.95 bits per heavy atom. The van der Waals surface area contributed by atoms with Crippen LogP contribution in [0.25, 0.3) is 0 Å². The normalized spacial score (nSPS) is 10.7. The van der Waals surface area contributed by atoms with Crippen molar-refractivity contribution in [2.45, 2.75) is 33.3 Å². The van der Waals surface area contributed by atoms with E-state index in [1.807, 2.05) is 37.3 Å². The second kappa shape index (κ2) is 6.72. The molecule has 0 saturated carbocycles. The summed E-state index contributed by atoms with van der Waals surface area (Å²) in [7, 11) is 0. The van der Waals surface area contributed by atoms with Crippen LogP contribution in [0, 0.1) is 6.92 Å². The lowest BCUT2D eigenvalue weighted by Crippen LogP contribution is -2.10. The Balaban J connectivity index is 2.09. The molecule has 0 heterocycles. The number of ether oxygens (including phenoxy) is 1. The first-order chi connectivity index (χ1) is 9.97. The van der Waals surface area contributed by atoms with E-state index in [1.165, 1.54) is 5.56 Å². The van der Waals surface area contributed by atoms with Crippen LogP contribution in [0.4, 0.5) is 0 Å². The molecular formula is C18H21NOS. The van der Waals surface area contributed by atoms with Crippen LogP contribution in [0.15, 0.2) is 42.5 Å². The fourth-order valence-electron chi connectivity index (χ4n) is 2.14. The fourth-order valence-corrected chi connectivity index (χ4v) is 2.26. The fraction of sp³-hybridized carbons (Fsp3) is 0.278. The Kier molecular flexibility index (Phi) is 4.97. The summed E-state index contributed by atoms with van der Waals surface area (Å²) in [5.74, 6) is 1.40. The maximum absolute atomic E-state index is 5.90. The van der Waals surface area contributed by atoms with Gasteiger partial charge in [-0.1, -0.05) is 50.3 Å². The number of benzene rings is 2. The van der Waals surface area contributed by atoms with Crippen LogP contribution in [0.5, 0.6) is 5.75 Å². The highest BCUT2D eigenvalue weighted by Gasteiger charge is 2.05. The third-order valence-electron chi connectivity index (χ3n) is 3.55. The van der Waals surface area contributed by atoms with E-state index in [4.69, 9.17) is 22.7 Å². The molecular weight excluding hydrogens is 278 g/mol. The maximum atomic E-state index is 5.90. The largest absolute Gasteiger partial charge is 0.489 e. The van der Waals surface area contributed by atoms with Gasteiger partial charge >= 0.3 is 0 Å². The van der Waals surface area contributed by atoms with Gasteiger partial charge in [0.25, 0.3) is 0 Å². The zero-order valence-electron chi connectivity index (χ0n) is 12.7. The molecule has 0 fully saturated rings. The summed E-state index contributed by atoms with van der Waals surface area (Å²) in [4.78, 5) is 0.426. The zero-order valence-corrected chi connectivity index (χ0v) is 13.5. The number of nitrogens with two attached hydrogens (primary N) is 1. The van der Waals surface area contributed by atoms with Crippen LogP contribution in [0.3, 0.4) is 0 Å². The Bertz CT molecular complexity index is 649. The predicted octanol–water partition coefficient (Wildman–Crippen LogP) is 4.33. The molecule has 0 atom stereocenters. The van der Waals surface area contributed by atoms with Crippen molar-refractivity contribution in [2.75, 3.05) is 0 Å². The molecule has 0 aromatic heterocycles. The van der Waals surface area contributed by atoms with Gasteiger partial charge < -0.3 is 10.5 Å². The minimum absolute atomic E-state index is 0.426. The average Bonchev–Trinajstić information content (AvgIpc) is 2.46. The van der Waals surface area contributed by atoms with Gasteiger partial charge in [0, 0.05) is 5.56 Å². The van der Waals surface area contributed by atoms with Gasteiger partial charge in [0.2, 0.25) is 0 Å². The third kappa shape index (κ3) is 4.05. The summed E-state index contributed by atoms with van der Waals surface area (Å²) in [5, 5.41) is 0. The van der Waals surface area contributed by atoms with Crippen LogP contribution in [0.2, 0.25) is 0 Å². The molecule has 2 aromatic carbocycles. The molecule has 2 N–H and O–H groups in total. The van der Waals surface area contributed by atoms with E-state index < -0.39 is 0 Å². The number of thiocarbonyl (C=S) groups is 1. The first-order valence-electron chi connectivity index (χ1n) is 7.09. The van der Waals surface area contributed by atoms with Gasteiger partial charge in [-0.2, -0.15) is 0 Å². The Hall–Kier alpha value is -1.87. The maximum Gasteiger partial charge on any atom is 0.120 e. The van der Waals surface area contributed by atoms with E-state index in [2.05, 4.69) is 26.0 Å². The number of aryl methyl sites for hydroxylation is 1. The minimum Gasteiger partial charge on any atom is -0.489 e. The second-order valence-corrected chi connectivity index (χ2v) is 5.96. The summed E-state index contributed by atoms with van der Waals surface area (Å²) < 4.78 is 5.90. The van der Waals surface area contributed by atoms with Crippen LogP contribution >= 0.6 is 12.2 Å². The van der Waals surface area contributed by atoms with Crippen molar-refractivity contribution in [1.29, 1.82) is 0 Å². The molecule has 0 aliphatic carbocycles. The molecule has 0 radical (unpaired) electrons. The summed E-state index contributed by atoms with van der Waals surface area (Å²) >= 11 is 4.99. The molecule has 0 saturated heterocycles. The predicted molar refractivity (Wildman–Crippen MR) is 91.9 cm³/mol. The molecule has 2 rings (SSSR count). The lowest BCUT2D eigenvalue weighted by molar-refractivity contribution is 0.305. The first-order valence-corrected chi connectivity index (χ1v) is 7.50. The van der Waals surface area contributed by atoms with Crippen LogP contribution in [-0.4, -0.2) is 4.99 Å². The van der Waals surface area contributed by atoms with Gasteiger partial charge in [-0.25, -0.2) is 0 Å². The topological polar surface area (TPSA) is 35.2 Å². The van der Waals surface area contributed by atoms with Gasteiger partial charge in [0.1, 0.15) is 17.3 Å². The lowest BCUT2D eigenvalue weighted by Gasteiger charge is -2.12. The van der Waals surface area contributed by atoms with Crippen molar-refractivity contribution in [3.05, 3.63) is 64.7 Å². The summed E-state index contributed by atoms with van der Waals surface area (Å²) in [6.07, 6.45) is 0. The molecule has 0 bridgehead atoms. The smallest absolute Gasteiger partial charge is 0.120 e. The molecule has 110 valence electrons. The van der Waals surface area contributed by atoms with Crippen molar-refractivity contribution in [2.24, 2.45) is 5.73 Å². The molecule has 0 unspecified atom stereocenters. The highest BCUT2D eigenvalue weighted by atomic mass is 32.1. The van der Waals surface area contributed by atoms with Crippen LogP contribution in [0.1, 0.15) is 42.0 Å². The number of hydrogen-bond acceptors (Lipinski definition) is 2. The number of hydrogen-bond donors (Lipinski definition) is 1. The molecule has 3 heteroatoms. The van der Waals surface area contributed by atoms with E-state index in [1.54, 1.807) is 0 Å². The molecule has 0 amide bonds. The standard InChI is InChI=1S/C18H21NOS/c1-12(2)14-5-4-6-17(10-14)20-11-16-8-7-15(18(19)21)9-13(16)3/h4-10,12H,11H2,1-3H3,(H2,19,21).